The van der Waals surface area contributed by atoms with E-state index in [1.165, 1.54) is 31.4 Å². The van der Waals surface area contributed by atoms with Crippen molar-refractivity contribution in [2.75, 3.05) is 30.3 Å². The lowest BCUT2D eigenvalue weighted by Gasteiger charge is -2.33. The zero-order valence-corrected chi connectivity index (χ0v) is 12.9. The van der Waals surface area contributed by atoms with E-state index in [9.17, 15) is 0 Å². The zero-order chi connectivity index (χ0) is 14.4. The Morgan fingerprint density at radius 2 is 1.95 bits per heavy atom. The molecule has 1 heterocycles. The van der Waals surface area contributed by atoms with Crippen LogP contribution in [0.3, 0.4) is 0 Å². The molecule has 0 spiro atoms. The summed E-state index contributed by atoms with van der Waals surface area (Å²) >= 11 is 0. The molecule has 1 aliphatic heterocycles. The fourth-order valence-electron chi connectivity index (χ4n) is 2.94. The van der Waals surface area contributed by atoms with Crippen molar-refractivity contribution in [2.45, 2.75) is 46.0 Å². The van der Waals surface area contributed by atoms with Crippen LogP contribution in [0.5, 0.6) is 5.75 Å². The summed E-state index contributed by atoms with van der Waals surface area (Å²) in [5, 5.41) is 0. The second-order valence-electron chi connectivity index (χ2n) is 5.79. The lowest BCUT2D eigenvalue weighted by atomic mass is 9.92. The molecule has 0 aliphatic carbocycles. The van der Waals surface area contributed by atoms with Crippen molar-refractivity contribution in [1.29, 1.82) is 0 Å². The van der Waals surface area contributed by atoms with Gasteiger partial charge in [0.1, 0.15) is 5.75 Å². The smallest absolute Gasteiger partial charge is 0.144 e. The van der Waals surface area contributed by atoms with Crippen LogP contribution < -0.4 is 15.4 Å². The van der Waals surface area contributed by atoms with Crippen molar-refractivity contribution in [3.05, 3.63) is 18.2 Å². The van der Waals surface area contributed by atoms with E-state index in [0.717, 1.165) is 43.5 Å². The number of nitrogen functional groups attached to an aromatic ring is 1. The second kappa shape index (κ2) is 7.41. The summed E-state index contributed by atoms with van der Waals surface area (Å²) < 4.78 is 5.73. The van der Waals surface area contributed by atoms with Crippen molar-refractivity contribution < 1.29 is 4.74 Å². The van der Waals surface area contributed by atoms with Gasteiger partial charge < -0.3 is 15.4 Å². The van der Waals surface area contributed by atoms with Crippen LogP contribution in [0.1, 0.15) is 46.0 Å². The molecule has 1 aromatic carbocycles. The molecule has 1 saturated heterocycles. The second-order valence-corrected chi connectivity index (χ2v) is 5.79. The van der Waals surface area contributed by atoms with Gasteiger partial charge in [0.25, 0.3) is 0 Å². The topological polar surface area (TPSA) is 38.5 Å². The van der Waals surface area contributed by atoms with E-state index in [4.69, 9.17) is 10.5 Å². The lowest BCUT2D eigenvalue weighted by Crippen LogP contribution is -2.33. The first-order chi connectivity index (χ1) is 9.74. The Kier molecular flexibility index (Phi) is 5.57. The number of anilines is 2. The highest BCUT2D eigenvalue weighted by Gasteiger charge is 2.19. The molecule has 0 atom stereocenters. The Morgan fingerprint density at radius 1 is 1.20 bits per heavy atom. The molecule has 112 valence electrons. The van der Waals surface area contributed by atoms with Crippen LogP contribution in [-0.4, -0.2) is 19.7 Å². The largest absolute Gasteiger partial charge is 0.491 e. The first-order valence-corrected chi connectivity index (χ1v) is 8.01. The molecule has 3 nitrogen and oxygen atoms in total. The number of benzene rings is 1. The van der Waals surface area contributed by atoms with Crippen molar-refractivity contribution in [3.63, 3.8) is 0 Å². The van der Waals surface area contributed by atoms with Gasteiger partial charge in [0, 0.05) is 24.8 Å². The highest BCUT2D eigenvalue weighted by molar-refractivity contribution is 5.62. The van der Waals surface area contributed by atoms with Crippen LogP contribution >= 0.6 is 0 Å². The Bertz CT molecular complexity index is 411. The fourth-order valence-corrected chi connectivity index (χ4v) is 2.94. The minimum absolute atomic E-state index is 0.728. The normalized spacial score (nSPS) is 16.4. The fraction of sp³-hybridized carbons (Fsp3) is 0.647. The summed E-state index contributed by atoms with van der Waals surface area (Å²) in [5.74, 6) is 1.75. The van der Waals surface area contributed by atoms with Gasteiger partial charge in [0.05, 0.1) is 12.3 Å². The molecule has 2 N–H and O–H groups in total. The minimum Gasteiger partial charge on any atom is -0.491 e. The van der Waals surface area contributed by atoms with E-state index in [2.05, 4.69) is 30.9 Å². The molecule has 3 heteroatoms. The summed E-state index contributed by atoms with van der Waals surface area (Å²) in [6.45, 7) is 7.43. The average Bonchev–Trinajstić information content (AvgIpc) is 2.48. The number of nitrogens with two attached hydrogens (primary N) is 1. The van der Waals surface area contributed by atoms with E-state index >= 15 is 0 Å². The van der Waals surface area contributed by atoms with Crippen molar-refractivity contribution >= 4 is 11.4 Å². The highest BCUT2D eigenvalue weighted by atomic mass is 16.5. The quantitative estimate of drug-likeness (QED) is 0.796. The van der Waals surface area contributed by atoms with Crippen LogP contribution in [0, 0.1) is 5.92 Å². The molecule has 0 unspecified atom stereocenters. The van der Waals surface area contributed by atoms with E-state index in [1.54, 1.807) is 0 Å². The molecular weight excluding hydrogens is 248 g/mol. The van der Waals surface area contributed by atoms with Crippen molar-refractivity contribution in [3.8, 4) is 5.75 Å². The molecule has 20 heavy (non-hydrogen) atoms. The standard InChI is InChI=1S/C17H28N2O/c1-3-5-14-8-10-19(11-9-14)15-6-7-16(18)17(13-15)20-12-4-2/h6-7,13-14H,3-5,8-12,18H2,1-2H3. The number of ether oxygens (including phenoxy) is 1. The molecule has 2 rings (SSSR count). The molecule has 1 aromatic rings. The first kappa shape index (κ1) is 15.0. The number of hydrogen-bond acceptors (Lipinski definition) is 3. The summed E-state index contributed by atoms with van der Waals surface area (Å²) in [7, 11) is 0. The van der Waals surface area contributed by atoms with Crippen LogP contribution in [0.15, 0.2) is 18.2 Å². The van der Waals surface area contributed by atoms with Gasteiger partial charge in [-0.2, -0.15) is 0 Å². The molecule has 1 fully saturated rings. The van der Waals surface area contributed by atoms with Crippen molar-refractivity contribution in [1.82, 2.24) is 0 Å². The Hall–Kier alpha value is -1.38. The minimum atomic E-state index is 0.728. The van der Waals surface area contributed by atoms with Gasteiger partial charge in [-0.15, -0.1) is 0 Å². The summed E-state index contributed by atoms with van der Waals surface area (Å²) in [4.78, 5) is 2.46. The predicted molar refractivity (Wildman–Crippen MR) is 86.5 cm³/mol. The van der Waals surface area contributed by atoms with Gasteiger partial charge in [0.2, 0.25) is 0 Å². The Labute approximate surface area is 123 Å². The first-order valence-electron chi connectivity index (χ1n) is 8.01. The number of hydrogen-bond donors (Lipinski definition) is 1. The highest BCUT2D eigenvalue weighted by Crippen LogP contribution is 2.31. The van der Waals surface area contributed by atoms with Crippen LogP contribution in [0.4, 0.5) is 11.4 Å². The maximum Gasteiger partial charge on any atom is 0.144 e. The molecule has 0 aromatic heterocycles. The van der Waals surface area contributed by atoms with Crippen LogP contribution in [0.25, 0.3) is 0 Å². The molecule has 0 amide bonds. The van der Waals surface area contributed by atoms with E-state index in [1.807, 2.05) is 6.07 Å². The van der Waals surface area contributed by atoms with Gasteiger partial charge in [0.15, 0.2) is 0 Å². The van der Waals surface area contributed by atoms with Crippen LogP contribution in [0.2, 0.25) is 0 Å². The summed E-state index contributed by atoms with van der Waals surface area (Å²) in [6.07, 6.45) is 6.31. The summed E-state index contributed by atoms with van der Waals surface area (Å²) in [5.41, 5.74) is 7.97. The molecule has 1 aliphatic rings. The Morgan fingerprint density at radius 3 is 2.60 bits per heavy atom. The maximum absolute atomic E-state index is 5.98. The van der Waals surface area contributed by atoms with Gasteiger partial charge in [-0.25, -0.2) is 0 Å². The molecule has 0 bridgehead atoms. The van der Waals surface area contributed by atoms with E-state index in [0.29, 0.717) is 0 Å². The zero-order valence-electron chi connectivity index (χ0n) is 12.9. The maximum atomic E-state index is 5.98. The van der Waals surface area contributed by atoms with Gasteiger partial charge in [-0.3, -0.25) is 0 Å². The SMILES string of the molecule is CCCOc1cc(N2CCC(CCC)CC2)ccc1N. The molecular formula is C17H28N2O. The number of rotatable bonds is 6. The third-order valence-electron chi connectivity index (χ3n) is 4.14. The molecule has 0 saturated carbocycles. The van der Waals surface area contributed by atoms with Gasteiger partial charge in [-0.1, -0.05) is 26.7 Å². The van der Waals surface area contributed by atoms with Gasteiger partial charge in [-0.05, 0) is 37.3 Å². The number of piperidine rings is 1. The Balaban J connectivity index is 1.99. The third kappa shape index (κ3) is 3.81. The van der Waals surface area contributed by atoms with Crippen LogP contribution in [-0.2, 0) is 0 Å². The van der Waals surface area contributed by atoms with E-state index < -0.39 is 0 Å². The van der Waals surface area contributed by atoms with E-state index in [-0.39, 0.29) is 0 Å². The lowest BCUT2D eigenvalue weighted by molar-refractivity contribution is 0.319. The summed E-state index contributed by atoms with van der Waals surface area (Å²) in [6, 6.07) is 6.19. The molecule has 0 radical (unpaired) electrons. The monoisotopic (exact) mass is 276 g/mol. The number of nitrogens with zero attached hydrogens (tertiary/aromatic N) is 1. The van der Waals surface area contributed by atoms with Crippen molar-refractivity contribution in [2.24, 2.45) is 5.92 Å². The third-order valence-corrected chi connectivity index (χ3v) is 4.14. The average molecular weight is 276 g/mol. The van der Waals surface area contributed by atoms with Gasteiger partial charge >= 0.3 is 0 Å². The predicted octanol–water partition coefficient (Wildman–Crippen LogP) is 4.07.